The summed E-state index contributed by atoms with van der Waals surface area (Å²) < 4.78 is 6.35. The minimum atomic E-state index is -0.749. The molecule has 1 saturated heterocycles. The fourth-order valence-corrected chi connectivity index (χ4v) is 4.32. The predicted molar refractivity (Wildman–Crippen MR) is 104 cm³/mol. The van der Waals surface area contributed by atoms with Crippen molar-refractivity contribution in [2.45, 2.75) is 25.6 Å². The molecule has 134 valence electrons. The molecule has 4 rings (SSSR count). The number of fused-ring (bicyclic) bond motifs is 4. The van der Waals surface area contributed by atoms with Gasteiger partial charge < -0.3 is 10.1 Å². The van der Waals surface area contributed by atoms with Crippen molar-refractivity contribution < 1.29 is 9.66 Å². The van der Waals surface area contributed by atoms with E-state index < -0.39 is 10.6 Å². The SMILES string of the molecule is C[C@@H]1[C@@H]2NC(=S)N(c3cccc(Cl)c3)[C@@]1(C)Oc1ccc([N+](=O)[O-])cc12. The van der Waals surface area contributed by atoms with Gasteiger partial charge in [0.05, 0.1) is 11.0 Å². The first-order chi connectivity index (χ1) is 12.3. The highest BCUT2D eigenvalue weighted by Gasteiger charge is 2.54. The monoisotopic (exact) mass is 389 g/mol. The van der Waals surface area contributed by atoms with Crippen LogP contribution in [-0.2, 0) is 0 Å². The van der Waals surface area contributed by atoms with Gasteiger partial charge in [-0.1, -0.05) is 24.6 Å². The molecule has 0 aliphatic carbocycles. The van der Waals surface area contributed by atoms with Crippen molar-refractivity contribution in [2.75, 3.05) is 4.90 Å². The maximum absolute atomic E-state index is 11.1. The molecule has 0 saturated carbocycles. The Morgan fingerprint density at radius 2 is 2.12 bits per heavy atom. The molecule has 2 aromatic rings. The number of nitrogens with zero attached hydrogens (tertiary/aromatic N) is 2. The Bertz CT molecular complexity index is 938. The Kier molecular flexibility index (Phi) is 3.82. The van der Waals surface area contributed by atoms with E-state index >= 15 is 0 Å². The summed E-state index contributed by atoms with van der Waals surface area (Å²) in [5.41, 5.74) is 0.861. The minimum absolute atomic E-state index is 0.0253. The molecule has 26 heavy (non-hydrogen) atoms. The second-order valence-electron chi connectivity index (χ2n) is 6.67. The van der Waals surface area contributed by atoms with E-state index in [1.54, 1.807) is 18.2 Å². The van der Waals surface area contributed by atoms with E-state index in [1.807, 2.05) is 36.9 Å². The summed E-state index contributed by atoms with van der Waals surface area (Å²) in [5.74, 6) is 0.589. The van der Waals surface area contributed by atoms with Gasteiger partial charge in [0.15, 0.2) is 10.8 Å². The molecule has 0 radical (unpaired) electrons. The van der Waals surface area contributed by atoms with Gasteiger partial charge in [0.25, 0.3) is 5.69 Å². The third-order valence-corrected chi connectivity index (χ3v) is 5.73. The van der Waals surface area contributed by atoms with Crippen LogP contribution in [0.2, 0.25) is 5.02 Å². The standard InChI is InChI=1S/C18H16ClN3O3S/c1-10-16-14-9-13(22(23)24)6-7-15(14)25-18(10,2)21(17(26)20-16)12-5-3-4-11(19)8-12/h3-10,16H,1-2H3,(H,20,26)/t10-,16+,18+/m1/s1. The number of thiocarbonyl (C=S) groups is 1. The van der Waals surface area contributed by atoms with E-state index in [9.17, 15) is 10.1 Å². The summed E-state index contributed by atoms with van der Waals surface area (Å²) in [4.78, 5) is 12.6. The van der Waals surface area contributed by atoms with E-state index in [4.69, 9.17) is 28.6 Å². The third-order valence-electron chi connectivity index (χ3n) is 5.19. The Labute approximate surface area is 160 Å². The number of hydrogen-bond acceptors (Lipinski definition) is 4. The van der Waals surface area contributed by atoms with E-state index in [0.717, 1.165) is 11.3 Å². The molecule has 2 aliphatic rings. The van der Waals surface area contributed by atoms with E-state index in [0.29, 0.717) is 15.9 Å². The number of nitro groups is 1. The zero-order valence-electron chi connectivity index (χ0n) is 14.1. The average molecular weight is 390 g/mol. The van der Waals surface area contributed by atoms with Crippen molar-refractivity contribution in [1.82, 2.24) is 5.32 Å². The smallest absolute Gasteiger partial charge is 0.270 e. The molecule has 8 heteroatoms. The molecule has 6 nitrogen and oxygen atoms in total. The lowest BCUT2D eigenvalue weighted by atomic mass is 9.80. The normalized spacial score (nSPS) is 26.6. The fourth-order valence-electron chi connectivity index (χ4n) is 3.72. The number of nitrogens with one attached hydrogen (secondary N) is 1. The Hall–Kier alpha value is -2.38. The molecule has 1 fully saturated rings. The van der Waals surface area contributed by atoms with E-state index in [1.165, 1.54) is 6.07 Å². The van der Waals surface area contributed by atoms with Gasteiger partial charge in [0, 0.05) is 34.3 Å². The van der Waals surface area contributed by atoms with Crippen LogP contribution in [0.15, 0.2) is 42.5 Å². The maximum atomic E-state index is 11.1. The van der Waals surface area contributed by atoms with Crippen LogP contribution in [-0.4, -0.2) is 15.8 Å². The van der Waals surface area contributed by atoms with Crippen LogP contribution in [0.4, 0.5) is 11.4 Å². The molecule has 2 bridgehead atoms. The maximum Gasteiger partial charge on any atom is 0.270 e. The molecule has 0 spiro atoms. The number of nitro benzene ring substituents is 1. The van der Waals surface area contributed by atoms with Gasteiger partial charge in [-0.25, -0.2) is 0 Å². The highest BCUT2D eigenvalue weighted by Crippen LogP contribution is 2.49. The first kappa shape index (κ1) is 17.1. The van der Waals surface area contributed by atoms with Crippen molar-refractivity contribution in [3.63, 3.8) is 0 Å². The van der Waals surface area contributed by atoms with Gasteiger partial charge in [-0.3, -0.25) is 15.0 Å². The number of rotatable bonds is 2. The number of benzene rings is 2. The van der Waals surface area contributed by atoms with Crippen LogP contribution in [0.3, 0.4) is 0 Å². The molecule has 0 amide bonds. The molecule has 2 heterocycles. The Balaban J connectivity index is 1.84. The van der Waals surface area contributed by atoms with E-state index in [2.05, 4.69) is 5.32 Å². The summed E-state index contributed by atoms with van der Waals surface area (Å²) in [6, 6.07) is 11.9. The van der Waals surface area contributed by atoms with Crippen LogP contribution in [0.5, 0.6) is 5.75 Å². The van der Waals surface area contributed by atoms with Crippen LogP contribution in [0.25, 0.3) is 0 Å². The van der Waals surface area contributed by atoms with Gasteiger partial charge >= 0.3 is 0 Å². The number of non-ortho nitro benzene ring substituents is 1. The second-order valence-corrected chi connectivity index (χ2v) is 7.49. The zero-order valence-corrected chi connectivity index (χ0v) is 15.7. The van der Waals surface area contributed by atoms with Crippen LogP contribution >= 0.6 is 23.8 Å². The predicted octanol–water partition coefficient (Wildman–Crippen LogP) is 4.43. The molecular formula is C18H16ClN3O3S. The van der Waals surface area contributed by atoms with Gasteiger partial charge in [-0.15, -0.1) is 0 Å². The van der Waals surface area contributed by atoms with Crippen molar-refractivity contribution in [3.05, 3.63) is 63.2 Å². The second kappa shape index (κ2) is 5.82. The number of ether oxygens (including phenoxy) is 1. The largest absolute Gasteiger partial charge is 0.467 e. The average Bonchev–Trinajstić information content (AvgIpc) is 2.57. The van der Waals surface area contributed by atoms with Crippen molar-refractivity contribution in [3.8, 4) is 5.75 Å². The zero-order chi connectivity index (χ0) is 18.6. The lowest BCUT2D eigenvalue weighted by molar-refractivity contribution is -0.385. The molecule has 2 aliphatic heterocycles. The molecule has 3 atom stereocenters. The van der Waals surface area contributed by atoms with Crippen molar-refractivity contribution in [2.24, 2.45) is 5.92 Å². The Morgan fingerprint density at radius 3 is 2.81 bits per heavy atom. The summed E-state index contributed by atoms with van der Waals surface area (Å²) in [6.07, 6.45) is 0. The number of anilines is 1. The molecule has 0 unspecified atom stereocenters. The van der Waals surface area contributed by atoms with Gasteiger partial charge in [-0.05, 0) is 43.4 Å². The highest BCUT2D eigenvalue weighted by molar-refractivity contribution is 7.80. The Morgan fingerprint density at radius 1 is 1.35 bits per heavy atom. The highest BCUT2D eigenvalue weighted by atomic mass is 35.5. The van der Waals surface area contributed by atoms with Crippen molar-refractivity contribution in [1.29, 1.82) is 0 Å². The third kappa shape index (κ3) is 2.42. The minimum Gasteiger partial charge on any atom is -0.467 e. The van der Waals surface area contributed by atoms with E-state index in [-0.39, 0.29) is 17.6 Å². The topological polar surface area (TPSA) is 67.6 Å². The van der Waals surface area contributed by atoms with Crippen LogP contribution < -0.4 is 15.0 Å². The van der Waals surface area contributed by atoms with Crippen LogP contribution in [0, 0.1) is 16.0 Å². The molecule has 0 aromatic heterocycles. The molecule has 2 aromatic carbocycles. The summed E-state index contributed by atoms with van der Waals surface area (Å²) >= 11 is 11.8. The first-order valence-electron chi connectivity index (χ1n) is 8.15. The van der Waals surface area contributed by atoms with Gasteiger partial charge in [0.1, 0.15) is 5.75 Å². The number of hydrogen-bond donors (Lipinski definition) is 1. The van der Waals surface area contributed by atoms with Crippen molar-refractivity contribution >= 4 is 40.3 Å². The molecule has 1 N–H and O–H groups in total. The quantitative estimate of drug-likeness (QED) is 0.465. The first-order valence-corrected chi connectivity index (χ1v) is 8.93. The lowest BCUT2D eigenvalue weighted by Crippen LogP contribution is -2.69. The summed E-state index contributed by atoms with van der Waals surface area (Å²) in [6.45, 7) is 4.02. The number of halogens is 1. The summed E-state index contributed by atoms with van der Waals surface area (Å²) in [5, 5.41) is 15.6. The summed E-state index contributed by atoms with van der Waals surface area (Å²) in [7, 11) is 0. The lowest BCUT2D eigenvalue weighted by Gasteiger charge is -2.56. The molecular weight excluding hydrogens is 374 g/mol. The van der Waals surface area contributed by atoms with Gasteiger partial charge in [0.2, 0.25) is 0 Å². The fraction of sp³-hybridized carbons (Fsp3) is 0.278. The van der Waals surface area contributed by atoms with Gasteiger partial charge in [-0.2, -0.15) is 0 Å². The van der Waals surface area contributed by atoms with Crippen LogP contribution in [0.1, 0.15) is 25.5 Å².